The van der Waals surface area contributed by atoms with Crippen LogP contribution in [0.15, 0.2) is 53.4 Å². The normalized spacial score (nSPS) is 10.9. The fourth-order valence-electron chi connectivity index (χ4n) is 2.86. The van der Waals surface area contributed by atoms with Crippen molar-refractivity contribution in [2.24, 2.45) is 0 Å². The number of ether oxygens (including phenoxy) is 1. The molecule has 0 fully saturated rings. The average Bonchev–Trinajstić information content (AvgIpc) is 2.67. The van der Waals surface area contributed by atoms with Crippen LogP contribution < -0.4 is 5.32 Å². The molecule has 0 aliphatic carbocycles. The van der Waals surface area contributed by atoms with Crippen molar-refractivity contribution in [2.45, 2.75) is 50.8 Å². The minimum absolute atomic E-state index is 0.265. The molecule has 0 unspecified atom stereocenters. The topological polar surface area (TPSA) is 55.4 Å². The molecule has 0 aromatic heterocycles. The van der Waals surface area contributed by atoms with Gasteiger partial charge in [-0.05, 0) is 35.1 Å². The van der Waals surface area contributed by atoms with E-state index in [1.54, 1.807) is 11.8 Å². The van der Waals surface area contributed by atoms with Gasteiger partial charge in [0.1, 0.15) is 0 Å². The van der Waals surface area contributed by atoms with Crippen molar-refractivity contribution in [3.05, 3.63) is 59.7 Å². The van der Waals surface area contributed by atoms with Crippen molar-refractivity contribution < 1.29 is 14.3 Å². The number of esters is 1. The quantitative estimate of drug-likeness (QED) is 0.441. The molecular formula is C23H29NO3S. The summed E-state index contributed by atoms with van der Waals surface area (Å²) in [5.74, 6) is 0.523. The molecule has 0 heterocycles. The Morgan fingerprint density at radius 1 is 0.929 bits per heavy atom. The molecule has 2 rings (SSSR count). The zero-order valence-corrected chi connectivity index (χ0v) is 17.8. The van der Waals surface area contributed by atoms with Crippen LogP contribution >= 0.6 is 11.8 Å². The molecule has 5 heteroatoms. The van der Waals surface area contributed by atoms with E-state index in [0.29, 0.717) is 5.75 Å². The molecule has 0 radical (unpaired) electrons. The number of amides is 1. The van der Waals surface area contributed by atoms with Crippen molar-refractivity contribution in [3.63, 3.8) is 0 Å². The molecule has 2 aromatic carbocycles. The summed E-state index contributed by atoms with van der Waals surface area (Å²) in [6.07, 6.45) is 0.271. The highest BCUT2D eigenvalue weighted by molar-refractivity contribution is 7.99. The number of carbonyl (C=O) groups excluding carboxylic acids is 2. The third kappa shape index (κ3) is 6.71. The van der Waals surface area contributed by atoms with E-state index in [2.05, 4.69) is 33.0 Å². The number of para-hydroxylation sites is 1. The first-order valence-corrected chi connectivity index (χ1v) is 10.6. The zero-order valence-electron chi connectivity index (χ0n) is 17.0. The molecule has 4 nitrogen and oxygen atoms in total. The maximum atomic E-state index is 12.4. The average molecular weight is 400 g/mol. The largest absolute Gasteiger partial charge is 0.456 e. The van der Waals surface area contributed by atoms with Crippen LogP contribution in [-0.2, 0) is 14.3 Å². The van der Waals surface area contributed by atoms with Crippen LogP contribution in [-0.4, -0.2) is 24.2 Å². The molecule has 0 aliphatic rings. The highest BCUT2D eigenvalue weighted by Gasteiger charge is 2.16. The molecule has 0 atom stereocenters. The van der Waals surface area contributed by atoms with E-state index in [-0.39, 0.29) is 36.7 Å². The standard InChI is InChI=1S/C23H29NO3S/c1-16(2)19-11-8-12-20(17(3)4)23(19)24-21(25)15-27-22(26)13-14-28-18-9-6-5-7-10-18/h5-12,16-17H,13-15H2,1-4H3,(H,24,25). The Morgan fingerprint density at radius 2 is 1.54 bits per heavy atom. The summed E-state index contributed by atoms with van der Waals surface area (Å²) in [7, 11) is 0. The van der Waals surface area contributed by atoms with Crippen molar-refractivity contribution in [3.8, 4) is 0 Å². The third-order valence-corrected chi connectivity index (χ3v) is 5.33. The first-order chi connectivity index (χ1) is 13.4. The van der Waals surface area contributed by atoms with E-state index >= 15 is 0 Å². The highest BCUT2D eigenvalue weighted by atomic mass is 32.2. The van der Waals surface area contributed by atoms with Gasteiger partial charge in [0, 0.05) is 16.3 Å². The second-order valence-electron chi connectivity index (χ2n) is 7.24. The molecule has 0 saturated carbocycles. The van der Waals surface area contributed by atoms with Gasteiger partial charge >= 0.3 is 5.97 Å². The van der Waals surface area contributed by atoms with E-state index in [0.717, 1.165) is 21.7 Å². The number of hydrogen-bond donors (Lipinski definition) is 1. The molecule has 1 N–H and O–H groups in total. The van der Waals surface area contributed by atoms with Gasteiger partial charge in [0.25, 0.3) is 5.91 Å². The number of anilines is 1. The Balaban J connectivity index is 1.86. The number of benzene rings is 2. The second kappa shape index (κ2) is 10.9. The first kappa shape index (κ1) is 22.0. The Labute approximate surface area is 172 Å². The van der Waals surface area contributed by atoms with Crippen LogP contribution in [0.25, 0.3) is 0 Å². The van der Waals surface area contributed by atoms with E-state index < -0.39 is 0 Å². The molecule has 1 amide bonds. The molecule has 28 heavy (non-hydrogen) atoms. The van der Waals surface area contributed by atoms with Gasteiger partial charge < -0.3 is 10.1 Å². The lowest BCUT2D eigenvalue weighted by molar-refractivity contribution is -0.146. The SMILES string of the molecule is CC(C)c1cccc(C(C)C)c1NC(=O)COC(=O)CCSc1ccccc1. The van der Waals surface area contributed by atoms with E-state index in [1.807, 2.05) is 48.5 Å². The Morgan fingerprint density at radius 3 is 2.11 bits per heavy atom. The van der Waals surface area contributed by atoms with Crippen LogP contribution in [0.2, 0.25) is 0 Å². The summed E-state index contributed by atoms with van der Waals surface area (Å²) >= 11 is 1.59. The van der Waals surface area contributed by atoms with Gasteiger partial charge in [-0.15, -0.1) is 11.8 Å². The molecule has 0 spiro atoms. The molecule has 0 saturated heterocycles. The van der Waals surface area contributed by atoms with Gasteiger partial charge in [-0.1, -0.05) is 64.1 Å². The summed E-state index contributed by atoms with van der Waals surface area (Å²) in [5, 5.41) is 2.96. The summed E-state index contributed by atoms with van der Waals surface area (Å²) in [6.45, 7) is 8.12. The van der Waals surface area contributed by atoms with Gasteiger partial charge in [0.2, 0.25) is 0 Å². The third-order valence-electron chi connectivity index (χ3n) is 4.32. The maximum absolute atomic E-state index is 12.4. The van der Waals surface area contributed by atoms with Gasteiger partial charge in [-0.3, -0.25) is 9.59 Å². The van der Waals surface area contributed by atoms with Gasteiger partial charge in [-0.2, -0.15) is 0 Å². The minimum atomic E-state index is -0.361. The molecular weight excluding hydrogens is 370 g/mol. The smallest absolute Gasteiger partial charge is 0.307 e. The van der Waals surface area contributed by atoms with E-state index in [9.17, 15) is 9.59 Å². The number of rotatable bonds is 9. The summed E-state index contributed by atoms with van der Waals surface area (Å²) in [5.41, 5.74) is 3.02. The van der Waals surface area contributed by atoms with Crippen LogP contribution in [0.4, 0.5) is 5.69 Å². The lowest BCUT2D eigenvalue weighted by Gasteiger charge is -2.20. The van der Waals surface area contributed by atoms with Gasteiger partial charge in [0.15, 0.2) is 6.61 Å². The fourth-order valence-corrected chi connectivity index (χ4v) is 3.71. The van der Waals surface area contributed by atoms with Crippen molar-refractivity contribution in [1.29, 1.82) is 0 Å². The number of thioether (sulfide) groups is 1. The van der Waals surface area contributed by atoms with Gasteiger partial charge in [0.05, 0.1) is 6.42 Å². The van der Waals surface area contributed by atoms with Crippen molar-refractivity contribution in [2.75, 3.05) is 17.7 Å². The molecule has 0 aliphatic heterocycles. The lowest BCUT2D eigenvalue weighted by Crippen LogP contribution is -2.22. The summed E-state index contributed by atoms with van der Waals surface area (Å²) in [6, 6.07) is 16.0. The van der Waals surface area contributed by atoms with E-state index in [4.69, 9.17) is 4.74 Å². The Hall–Kier alpha value is -2.27. The number of carbonyl (C=O) groups is 2. The maximum Gasteiger partial charge on any atom is 0.307 e. The van der Waals surface area contributed by atoms with Crippen LogP contribution in [0.5, 0.6) is 0 Å². The monoisotopic (exact) mass is 399 g/mol. The molecule has 0 bridgehead atoms. The van der Waals surface area contributed by atoms with Crippen LogP contribution in [0, 0.1) is 0 Å². The van der Waals surface area contributed by atoms with Crippen LogP contribution in [0.1, 0.15) is 57.1 Å². The number of hydrogen-bond acceptors (Lipinski definition) is 4. The van der Waals surface area contributed by atoms with Crippen molar-refractivity contribution >= 4 is 29.3 Å². The predicted molar refractivity (Wildman–Crippen MR) is 116 cm³/mol. The Kier molecular flexibility index (Phi) is 8.58. The van der Waals surface area contributed by atoms with Gasteiger partial charge in [-0.25, -0.2) is 0 Å². The molecule has 2 aromatic rings. The molecule has 150 valence electrons. The van der Waals surface area contributed by atoms with Crippen molar-refractivity contribution in [1.82, 2.24) is 0 Å². The van der Waals surface area contributed by atoms with E-state index in [1.165, 1.54) is 0 Å². The fraction of sp³-hybridized carbons (Fsp3) is 0.391. The zero-order chi connectivity index (χ0) is 20.5. The predicted octanol–water partition coefficient (Wildman–Crippen LogP) is 5.60. The summed E-state index contributed by atoms with van der Waals surface area (Å²) in [4.78, 5) is 25.4. The Bertz CT molecular complexity index is 761. The summed E-state index contributed by atoms with van der Waals surface area (Å²) < 4.78 is 5.15. The second-order valence-corrected chi connectivity index (χ2v) is 8.41. The minimum Gasteiger partial charge on any atom is -0.456 e. The van der Waals surface area contributed by atoms with Crippen LogP contribution in [0.3, 0.4) is 0 Å². The lowest BCUT2D eigenvalue weighted by atomic mass is 9.92. The first-order valence-electron chi connectivity index (χ1n) is 9.64. The highest BCUT2D eigenvalue weighted by Crippen LogP contribution is 2.32. The number of nitrogens with one attached hydrogen (secondary N) is 1.